The number of ether oxygens (including phenoxy) is 1. The molecule has 0 fully saturated rings. The van der Waals surface area contributed by atoms with E-state index in [1.165, 1.54) is 11.1 Å². The second-order valence-corrected chi connectivity index (χ2v) is 8.36. The number of hydrogen-bond donors (Lipinski definition) is 0. The zero-order chi connectivity index (χ0) is 20.1. The first-order chi connectivity index (χ1) is 14.8. The highest BCUT2D eigenvalue weighted by molar-refractivity contribution is 7.13. The molecule has 1 aliphatic rings. The Balaban J connectivity index is 1.54. The van der Waals surface area contributed by atoms with Gasteiger partial charge in [-0.05, 0) is 41.1 Å². The van der Waals surface area contributed by atoms with Crippen LogP contribution in [0.25, 0.3) is 27.1 Å². The van der Waals surface area contributed by atoms with Gasteiger partial charge in [-0.15, -0.1) is 26.6 Å². The first kappa shape index (κ1) is 17.4. The van der Waals surface area contributed by atoms with Crippen LogP contribution < -0.4 is 9.64 Å². The summed E-state index contributed by atoms with van der Waals surface area (Å²) in [6.45, 7) is 1.71. The molecule has 3 aromatic heterocycles. The molecule has 0 spiro atoms. The molecule has 0 saturated heterocycles. The molecule has 0 radical (unpaired) electrons. The molecule has 148 valence electrons. The van der Waals surface area contributed by atoms with Crippen LogP contribution in [0.2, 0.25) is 0 Å². The first-order valence-electron chi connectivity index (χ1n) is 9.90. The Morgan fingerprint density at radius 3 is 2.70 bits per heavy atom. The molecule has 0 unspecified atom stereocenters. The van der Waals surface area contributed by atoms with Crippen LogP contribution in [-0.2, 0) is 13.0 Å². The Morgan fingerprint density at radius 2 is 1.87 bits per heavy atom. The topological polar surface area (TPSA) is 55.5 Å². The largest absolute Gasteiger partial charge is 0.497 e. The summed E-state index contributed by atoms with van der Waals surface area (Å²) in [5.74, 6) is 2.64. The molecule has 6 rings (SSSR count). The molecule has 0 bridgehead atoms. The van der Waals surface area contributed by atoms with E-state index < -0.39 is 0 Å². The van der Waals surface area contributed by atoms with E-state index in [4.69, 9.17) is 9.84 Å². The molecule has 2 aromatic carbocycles. The highest BCUT2D eigenvalue weighted by Gasteiger charge is 2.23. The quantitative estimate of drug-likeness (QED) is 0.433. The van der Waals surface area contributed by atoms with Crippen molar-refractivity contribution < 1.29 is 4.74 Å². The summed E-state index contributed by atoms with van der Waals surface area (Å²) in [7, 11) is 1.71. The van der Waals surface area contributed by atoms with Gasteiger partial charge < -0.3 is 9.64 Å². The van der Waals surface area contributed by atoms with Crippen molar-refractivity contribution in [1.29, 1.82) is 0 Å². The van der Waals surface area contributed by atoms with E-state index in [-0.39, 0.29) is 0 Å². The van der Waals surface area contributed by atoms with Gasteiger partial charge >= 0.3 is 0 Å². The van der Waals surface area contributed by atoms with E-state index in [9.17, 15) is 0 Å². The average Bonchev–Trinajstić information content (AvgIpc) is 3.47. The number of anilines is 1. The normalized spacial score (nSPS) is 13.7. The number of benzene rings is 2. The number of aromatic nitrogens is 4. The molecule has 30 heavy (non-hydrogen) atoms. The van der Waals surface area contributed by atoms with Gasteiger partial charge in [0.05, 0.1) is 12.0 Å². The molecule has 7 heteroatoms. The van der Waals surface area contributed by atoms with Crippen molar-refractivity contribution in [2.24, 2.45) is 0 Å². The summed E-state index contributed by atoms with van der Waals surface area (Å²) in [4.78, 5) is 3.41. The molecular formula is C23H19N5OS. The third kappa shape index (κ3) is 2.66. The lowest BCUT2D eigenvalue weighted by molar-refractivity contribution is 0.413. The number of hydrogen-bond acceptors (Lipinski definition) is 6. The SMILES string of the molecule is COc1ccc2c(c1)CN(c1nn3c(-c4cccs4)nnc3c3ccccc13)CC2. The predicted octanol–water partition coefficient (Wildman–Crippen LogP) is 4.58. The molecule has 5 aromatic rings. The Bertz CT molecular complexity index is 1380. The highest BCUT2D eigenvalue weighted by atomic mass is 32.1. The van der Waals surface area contributed by atoms with Crippen LogP contribution in [0.3, 0.4) is 0 Å². The molecule has 0 aliphatic carbocycles. The van der Waals surface area contributed by atoms with Crippen LogP contribution >= 0.6 is 11.3 Å². The third-order valence-electron chi connectivity index (χ3n) is 5.71. The molecule has 1 aliphatic heterocycles. The van der Waals surface area contributed by atoms with E-state index in [2.05, 4.69) is 51.5 Å². The minimum absolute atomic E-state index is 0.783. The summed E-state index contributed by atoms with van der Waals surface area (Å²) in [6.07, 6.45) is 0.979. The molecule has 0 saturated carbocycles. The van der Waals surface area contributed by atoms with Crippen molar-refractivity contribution in [3.63, 3.8) is 0 Å². The van der Waals surface area contributed by atoms with Crippen molar-refractivity contribution >= 4 is 33.6 Å². The monoisotopic (exact) mass is 413 g/mol. The summed E-state index contributed by atoms with van der Waals surface area (Å²) < 4.78 is 7.34. The maximum Gasteiger partial charge on any atom is 0.195 e. The number of methoxy groups -OCH3 is 1. The van der Waals surface area contributed by atoms with Gasteiger partial charge in [0.1, 0.15) is 5.75 Å². The second kappa shape index (κ2) is 6.81. The van der Waals surface area contributed by atoms with Gasteiger partial charge in [-0.2, -0.15) is 4.52 Å². The van der Waals surface area contributed by atoms with Crippen LogP contribution in [0.15, 0.2) is 60.0 Å². The van der Waals surface area contributed by atoms with Gasteiger partial charge in [-0.1, -0.05) is 36.4 Å². The zero-order valence-electron chi connectivity index (χ0n) is 16.4. The Kier molecular flexibility index (Phi) is 3.95. The summed E-state index contributed by atoms with van der Waals surface area (Å²) in [6, 6.07) is 18.8. The number of fused-ring (bicyclic) bond motifs is 4. The fourth-order valence-electron chi connectivity index (χ4n) is 4.20. The Hall–Kier alpha value is -3.45. The van der Waals surface area contributed by atoms with Crippen molar-refractivity contribution in [2.75, 3.05) is 18.6 Å². The third-order valence-corrected chi connectivity index (χ3v) is 6.58. The smallest absolute Gasteiger partial charge is 0.195 e. The average molecular weight is 414 g/mol. The minimum atomic E-state index is 0.783. The van der Waals surface area contributed by atoms with Gasteiger partial charge in [0.15, 0.2) is 17.3 Å². The standard InChI is InChI=1S/C23H19N5OS/c1-29-17-9-8-15-10-11-27(14-16(15)13-17)22-19-6-3-2-5-18(19)21-24-25-23(28(21)26-22)20-7-4-12-30-20/h2-9,12-13H,10-11,14H2,1H3. The summed E-state index contributed by atoms with van der Waals surface area (Å²) in [5, 5.41) is 18.2. The number of nitrogens with zero attached hydrogens (tertiary/aromatic N) is 5. The Morgan fingerprint density at radius 1 is 0.967 bits per heavy atom. The van der Waals surface area contributed by atoms with E-state index >= 15 is 0 Å². The molecule has 0 atom stereocenters. The fraction of sp³-hybridized carbons (Fsp3) is 0.174. The van der Waals surface area contributed by atoms with E-state index in [1.54, 1.807) is 18.4 Å². The van der Waals surface area contributed by atoms with Crippen molar-refractivity contribution in [3.8, 4) is 16.5 Å². The number of rotatable bonds is 3. The highest BCUT2D eigenvalue weighted by Crippen LogP contribution is 2.33. The molecular weight excluding hydrogens is 394 g/mol. The van der Waals surface area contributed by atoms with Crippen molar-refractivity contribution in [2.45, 2.75) is 13.0 Å². The van der Waals surface area contributed by atoms with E-state index in [0.29, 0.717) is 0 Å². The van der Waals surface area contributed by atoms with Gasteiger partial charge in [0.25, 0.3) is 0 Å². The van der Waals surface area contributed by atoms with Crippen LogP contribution in [-0.4, -0.2) is 33.5 Å². The lowest BCUT2D eigenvalue weighted by Crippen LogP contribution is -2.31. The van der Waals surface area contributed by atoms with Crippen molar-refractivity contribution in [1.82, 2.24) is 19.8 Å². The van der Waals surface area contributed by atoms with Gasteiger partial charge in [-0.25, -0.2) is 0 Å². The van der Waals surface area contributed by atoms with Crippen LogP contribution in [0.4, 0.5) is 5.82 Å². The Labute approximate surface area is 177 Å². The fourth-order valence-corrected chi connectivity index (χ4v) is 4.89. The molecule has 6 nitrogen and oxygen atoms in total. The minimum Gasteiger partial charge on any atom is -0.497 e. The molecule has 4 heterocycles. The van der Waals surface area contributed by atoms with Crippen LogP contribution in [0.1, 0.15) is 11.1 Å². The van der Waals surface area contributed by atoms with Gasteiger partial charge in [0.2, 0.25) is 0 Å². The lowest BCUT2D eigenvalue weighted by Gasteiger charge is -2.30. The van der Waals surface area contributed by atoms with E-state index in [1.807, 2.05) is 28.1 Å². The summed E-state index contributed by atoms with van der Waals surface area (Å²) in [5.41, 5.74) is 3.45. The molecule has 0 N–H and O–H groups in total. The zero-order valence-corrected chi connectivity index (χ0v) is 17.3. The predicted molar refractivity (Wildman–Crippen MR) is 119 cm³/mol. The maximum atomic E-state index is 5.44. The summed E-state index contributed by atoms with van der Waals surface area (Å²) >= 11 is 1.65. The lowest BCUT2D eigenvalue weighted by atomic mass is 9.99. The maximum absolute atomic E-state index is 5.44. The second-order valence-electron chi connectivity index (χ2n) is 7.41. The van der Waals surface area contributed by atoms with Crippen molar-refractivity contribution in [3.05, 3.63) is 71.1 Å². The molecule has 0 amide bonds. The van der Waals surface area contributed by atoms with E-state index in [0.717, 1.165) is 58.2 Å². The van der Waals surface area contributed by atoms with Gasteiger partial charge in [0, 0.05) is 23.9 Å². The van der Waals surface area contributed by atoms with Crippen LogP contribution in [0, 0.1) is 0 Å². The van der Waals surface area contributed by atoms with Crippen LogP contribution in [0.5, 0.6) is 5.75 Å². The van der Waals surface area contributed by atoms with Gasteiger partial charge in [-0.3, -0.25) is 0 Å². The first-order valence-corrected chi connectivity index (χ1v) is 10.8. The number of thiophene rings is 1.